The van der Waals surface area contributed by atoms with Gasteiger partial charge >= 0.3 is 0 Å². The highest BCUT2D eigenvalue weighted by Crippen LogP contribution is 2.28. The largest absolute Gasteiger partial charge is 0.497 e. The molecular formula is C14H18N2O. The predicted molar refractivity (Wildman–Crippen MR) is 69.8 cm³/mol. The van der Waals surface area contributed by atoms with E-state index in [1.807, 2.05) is 0 Å². The first-order valence-corrected chi connectivity index (χ1v) is 5.55. The van der Waals surface area contributed by atoms with Gasteiger partial charge in [-0.1, -0.05) is 0 Å². The molecule has 0 spiro atoms. The van der Waals surface area contributed by atoms with E-state index in [1.165, 1.54) is 7.11 Å². The Labute approximate surface area is 108 Å². The molecule has 0 atom stereocenters. The van der Waals surface area contributed by atoms with E-state index in [-0.39, 0.29) is 24.8 Å². The number of hydrogen-bond donors (Lipinski definition) is 1. The molecule has 0 aliphatic carbocycles. The summed E-state index contributed by atoms with van der Waals surface area (Å²) in [5.41, 5.74) is 1.16. The minimum absolute atomic E-state index is 0.103. The van der Waals surface area contributed by atoms with Crippen molar-refractivity contribution < 1.29 is 11.6 Å². The van der Waals surface area contributed by atoms with Crippen LogP contribution in [0.25, 0.3) is 10.9 Å². The summed E-state index contributed by atoms with van der Waals surface area (Å²) in [6.07, 6.45) is -3.39. The maximum absolute atomic E-state index is 8.37. The molecule has 1 aromatic carbocycles. The van der Waals surface area contributed by atoms with Crippen LogP contribution < -0.4 is 4.74 Å². The average molecular weight is 235 g/mol. The van der Waals surface area contributed by atoms with Crippen LogP contribution in [0.1, 0.15) is 18.1 Å². The summed E-state index contributed by atoms with van der Waals surface area (Å²) in [6.45, 7) is 0.211. The Kier molecular flexibility index (Phi) is 1.55. The standard InChI is InChI=1S/C14H18N2O/c1-16-7-5-12-11-4-3-10(17-2)9-14(11)15-13(12)6-8-16/h3-4,9,15H,5-8H2,1-2H3/i3D,5D2,6D2. The zero-order chi connectivity index (χ0) is 16.3. The minimum atomic E-state index is -1.70. The molecule has 0 unspecified atom stereocenters. The molecule has 17 heavy (non-hydrogen) atoms. The predicted octanol–water partition coefficient (Wildman–Crippen LogP) is 2.21. The fourth-order valence-electron chi connectivity index (χ4n) is 2.03. The van der Waals surface area contributed by atoms with Gasteiger partial charge in [-0.05, 0) is 31.1 Å². The Balaban J connectivity index is 2.36. The highest BCUT2D eigenvalue weighted by molar-refractivity contribution is 5.86. The molecule has 0 bridgehead atoms. The van der Waals surface area contributed by atoms with Crippen molar-refractivity contribution in [3.63, 3.8) is 0 Å². The van der Waals surface area contributed by atoms with Crippen LogP contribution >= 0.6 is 0 Å². The van der Waals surface area contributed by atoms with E-state index in [2.05, 4.69) is 4.98 Å². The molecule has 1 aliphatic heterocycles. The van der Waals surface area contributed by atoms with E-state index in [1.54, 1.807) is 24.1 Å². The number of benzene rings is 1. The van der Waals surface area contributed by atoms with Crippen LogP contribution in [0.2, 0.25) is 0 Å². The molecule has 2 heterocycles. The van der Waals surface area contributed by atoms with Crippen LogP contribution in [-0.4, -0.2) is 37.1 Å². The van der Waals surface area contributed by atoms with Gasteiger partial charge in [0.1, 0.15) is 5.75 Å². The fraction of sp³-hybridized carbons (Fsp3) is 0.429. The maximum Gasteiger partial charge on any atom is 0.120 e. The van der Waals surface area contributed by atoms with Crippen LogP contribution in [0.15, 0.2) is 18.2 Å². The maximum atomic E-state index is 8.37. The van der Waals surface area contributed by atoms with Crippen LogP contribution in [0.5, 0.6) is 5.75 Å². The zero-order valence-corrected chi connectivity index (χ0v) is 9.92. The first-order valence-electron chi connectivity index (χ1n) is 8.05. The van der Waals surface area contributed by atoms with Crippen molar-refractivity contribution in [3.05, 3.63) is 29.4 Å². The normalized spacial score (nSPS) is 27.1. The third-order valence-corrected chi connectivity index (χ3v) is 2.97. The zero-order valence-electron chi connectivity index (χ0n) is 14.9. The van der Waals surface area contributed by atoms with Crippen molar-refractivity contribution in [1.82, 2.24) is 9.88 Å². The Morgan fingerprint density at radius 3 is 3.12 bits per heavy atom. The van der Waals surface area contributed by atoms with Gasteiger partial charge in [-0.3, -0.25) is 0 Å². The molecule has 0 saturated heterocycles. The number of nitrogens with one attached hydrogen (secondary N) is 1. The molecule has 0 fully saturated rings. The van der Waals surface area contributed by atoms with Gasteiger partial charge in [-0.25, -0.2) is 0 Å². The molecule has 1 aromatic heterocycles. The Morgan fingerprint density at radius 1 is 1.47 bits per heavy atom. The van der Waals surface area contributed by atoms with Gasteiger partial charge in [0.05, 0.1) is 8.48 Å². The van der Waals surface area contributed by atoms with E-state index in [0.717, 1.165) is 0 Å². The second-order valence-corrected chi connectivity index (χ2v) is 4.23. The molecule has 3 heteroatoms. The summed E-state index contributed by atoms with van der Waals surface area (Å²) in [7, 11) is 3.18. The lowest BCUT2D eigenvalue weighted by molar-refractivity contribution is 0.352. The lowest BCUT2D eigenvalue weighted by atomic mass is 10.1. The van der Waals surface area contributed by atoms with Crippen molar-refractivity contribution >= 4 is 10.9 Å². The Bertz CT molecular complexity index is 740. The highest BCUT2D eigenvalue weighted by Gasteiger charge is 2.16. The Morgan fingerprint density at radius 2 is 2.29 bits per heavy atom. The average Bonchev–Trinajstić information content (AvgIpc) is 2.72. The minimum Gasteiger partial charge on any atom is -0.497 e. The van der Waals surface area contributed by atoms with Crippen molar-refractivity contribution in [1.29, 1.82) is 0 Å². The smallest absolute Gasteiger partial charge is 0.120 e. The summed E-state index contributed by atoms with van der Waals surface area (Å²) >= 11 is 0. The number of aromatic amines is 1. The molecule has 3 rings (SSSR count). The summed E-state index contributed by atoms with van der Waals surface area (Å²) in [5.74, 6) is 0.377. The van der Waals surface area contributed by atoms with Gasteiger partial charge in [0.2, 0.25) is 0 Å². The first-order chi connectivity index (χ1) is 10.2. The van der Waals surface area contributed by atoms with E-state index in [0.29, 0.717) is 22.2 Å². The van der Waals surface area contributed by atoms with Gasteiger partial charge in [-0.15, -0.1) is 0 Å². The second-order valence-electron chi connectivity index (χ2n) is 4.23. The van der Waals surface area contributed by atoms with Gasteiger partial charge in [0, 0.05) is 47.6 Å². The second kappa shape index (κ2) is 4.08. The van der Waals surface area contributed by atoms with E-state index in [4.69, 9.17) is 11.6 Å². The van der Waals surface area contributed by atoms with Gasteiger partial charge < -0.3 is 14.6 Å². The van der Waals surface area contributed by atoms with E-state index >= 15 is 0 Å². The number of H-pyrrole nitrogens is 1. The molecule has 2 aromatic rings. The Hall–Kier alpha value is -1.48. The third-order valence-electron chi connectivity index (χ3n) is 2.97. The van der Waals surface area contributed by atoms with Crippen molar-refractivity contribution in [2.75, 3.05) is 27.2 Å². The van der Waals surface area contributed by atoms with Gasteiger partial charge in [-0.2, -0.15) is 0 Å². The van der Waals surface area contributed by atoms with Crippen LogP contribution in [-0.2, 0) is 12.7 Å². The SMILES string of the molecule is [2H]c1cc2c3c([nH]c2cc1OC)C([2H])([2H])CN(C)CC3([2H])[2H]. The van der Waals surface area contributed by atoms with Crippen molar-refractivity contribution in [3.8, 4) is 5.75 Å². The topological polar surface area (TPSA) is 28.3 Å². The summed E-state index contributed by atoms with van der Waals surface area (Å²) < 4.78 is 46.4. The number of hydrogen-bond acceptors (Lipinski definition) is 2. The summed E-state index contributed by atoms with van der Waals surface area (Å²) in [4.78, 5) is 4.68. The van der Waals surface area contributed by atoms with Crippen molar-refractivity contribution in [2.45, 2.75) is 12.7 Å². The van der Waals surface area contributed by atoms with Gasteiger partial charge in [0.25, 0.3) is 0 Å². The quantitative estimate of drug-likeness (QED) is 0.821. The van der Waals surface area contributed by atoms with Crippen LogP contribution in [0, 0.1) is 0 Å². The molecule has 1 N–H and O–H groups in total. The molecule has 1 aliphatic rings. The fourth-order valence-corrected chi connectivity index (χ4v) is 2.03. The molecule has 3 nitrogen and oxygen atoms in total. The molecule has 0 radical (unpaired) electrons. The van der Waals surface area contributed by atoms with Crippen LogP contribution in [0.4, 0.5) is 0 Å². The lowest BCUT2D eigenvalue weighted by Crippen LogP contribution is -2.21. The van der Waals surface area contributed by atoms with Crippen molar-refractivity contribution in [2.24, 2.45) is 0 Å². The lowest BCUT2D eigenvalue weighted by Gasteiger charge is -2.11. The monoisotopic (exact) mass is 235 g/mol. The highest BCUT2D eigenvalue weighted by atomic mass is 16.5. The number of methoxy groups -OCH3 is 1. The number of ether oxygens (including phenoxy) is 1. The number of fused-ring (bicyclic) bond motifs is 3. The first kappa shape index (κ1) is 6.45. The number of likely N-dealkylation sites (N-methyl/N-ethyl adjacent to an activating group) is 1. The number of aromatic nitrogens is 1. The molecule has 0 saturated carbocycles. The third kappa shape index (κ3) is 1.80. The number of nitrogens with zero attached hydrogens (tertiary/aromatic N) is 1. The molecule has 90 valence electrons. The van der Waals surface area contributed by atoms with E-state index in [9.17, 15) is 0 Å². The summed E-state index contributed by atoms with van der Waals surface area (Å²) in [6, 6.07) is 3.33. The van der Waals surface area contributed by atoms with E-state index < -0.39 is 12.7 Å². The number of rotatable bonds is 1. The molecule has 0 amide bonds. The van der Waals surface area contributed by atoms with Gasteiger partial charge in [0.15, 0.2) is 0 Å². The molecular weight excluding hydrogens is 212 g/mol. The van der Waals surface area contributed by atoms with Crippen LogP contribution in [0.3, 0.4) is 0 Å². The summed E-state index contributed by atoms with van der Waals surface area (Å²) in [5, 5.41) is 0.546.